The Morgan fingerprint density at radius 3 is 2.41 bits per heavy atom. The molecule has 0 amide bonds. The first-order valence-corrected chi connectivity index (χ1v) is 8.15. The molecule has 0 atom stereocenters. The first-order valence-electron chi connectivity index (χ1n) is 5.62. The third-order valence-corrected chi connectivity index (χ3v) is 5.35. The van der Waals surface area contributed by atoms with Crippen molar-refractivity contribution in [2.24, 2.45) is 0 Å². The summed E-state index contributed by atoms with van der Waals surface area (Å²) in [5.74, 6) is 0.0213. The minimum absolute atomic E-state index is 0.0213. The summed E-state index contributed by atoms with van der Waals surface area (Å²) in [6.07, 6.45) is 5.33. The van der Waals surface area contributed by atoms with E-state index in [1.807, 2.05) is 0 Å². The molecule has 1 aromatic heterocycles. The van der Waals surface area contributed by atoms with Gasteiger partial charge in [0.15, 0.2) is 9.84 Å². The molecular formula is C12H18O3S2. The Hall–Kier alpha value is -0.650. The maximum absolute atomic E-state index is 11.2. The van der Waals surface area contributed by atoms with E-state index in [9.17, 15) is 8.42 Å². The fraction of sp³-hybridized carbons (Fsp3) is 0.500. The summed E-state index contributed by atoms with van der Waals surface area (Å²) >= 11 is 1.23. The van der Waals surface area contributed by atoms with E-state index in [4.69, 9.17) is 4.74 Å². The smallest absolute Gasteiger partial charge is 0.191 e. The third-order valence-electron chi connectivity index (χ3n) is 2.22. The molecule has 0 N–H and O–H groups in total. The summed E-state index contributed by atoms with van der Waals surface area (Å²) in [6.45, 7) is 5.38. The van der Waals surface area contributed by atoms with Crippen LogP contribution in [0.4, 0.5) is 0 Å². The average molecular weight is 274 g/mol. The van der Waals surface area contributed by atoms with Crippen LogP contribution in [0, 0.1) is 0 Å². The molecule has 0 bridgehead atoms. The second kappa shape index (κ2) is 7.63. The van der Waals surface area contributed by atoms with Gasteiger partial charge in [0, 0.05) is 13.2 Å². The molecule has 0 spiro atoms. The van der Waals surface area contributed by atoms with Gasteiger partial charge in [-0.25, -0.2) is 8.42 Å². The Morgan fingerprint density at radius 2 is 2.06 bits per heavy atom. The van der Waals surface area contributed by atoms with Gasteiger partial charge in [0.1, 0.15) is 4.21 Å². The summed E-state index contributed by atoms with van der Waals surface area (Å²) in [7, 11) is -3.07. The quantitative estimate of drug-likeness (QED) is 0.796. The van der Waals surface area contributed by atoms with Gasteiger partial charge >= 0.3 is 0 Å². The molecule has 0 aliphatic carbocycles. The normalized spacial score (nSPS) is 15.8. The molecule has 1 saturated heterocycles. The van der Waals surface area contributed by atoms with Crippen LogP contribution in [0.2, 0.25) is 0 Å². The maximum atomic E-state index is 11.2. The molecule has 1 fully saturated rings. The molecule has 17 heavy (non-hydrogen) atoms. The molecule has 0 aromatic carbocycles. The zero-order valence-corrected chi connectivity index (χ0v) is 11.4. The summed E-state index contributed by atoms with van der Waals surface area (Å²) in [5, 5.41) is 1.75. The van der Waals surface area contributed by atoms with Crippen LogP contribution >= 0.6 is 11.3 Å². The first-order chi connectivity index (χ1) is 8.17. The van der Waals surface area contributed by atoms with Crippen molar-refractivity contribution in [2.45, 2.75) is 23.5 Å². The van der Waals surface area contributed by atoms with Crippen LogP contribution in [0.5, 0.6) is 0 Å². The Morgan fingerprint density at radius 1 is 1.35 bits per heavy atom. The summed E-state index contributed by atoms with van der Waals surface area (Å²) < 4.78 is 27.9. The molecule has 0 saturated carbocycles. The van der Waals surface area contributed by atoms with Gasteiger partial charge in [-0.1, -0.05) is 12.1 Å². The van der Waals surface area contributed by atoms with Gasteiger partial charge in [0.25, 0.3) is 0 Å². The lowest BCUT2D eigenvalue weighted by atomic mass is 10.2. The molecule has 1 aromatic rings. The second-order valence-electron chi connectivity index (χ2n) is 3.68. The lowest BCUT2D eigenvalue weighted by molar-refractivity contribution is 0.0968. The van der Waals surface area contributed by atoms with Crippen molar-refractivity contribution in [2.75, 3.05) is 19.0 Å². The third kappa shape index (κ3) is 5.48. The van der Waals surface area contributed by atoms with E-state index >= 15 is 0 Å². The van der Waals surface area contributed by atoms with E-state index in [0.29, 0.717) is 4.21 Å². The van der Waals surface area contributed by atoms with Gasteiger partial charge in [-0.15, -0.1) is 17.9 Å². The van der Waals surface area contributed by atoms with Crippen LogP contribution in [0.1, 0.15) is 19.3 Å². The Kier molecular flexibility index (Phi) is 6.47. The van der Waals surface area contributed by atoms with E-state index in [-0.39, 0.29) is 5.75 Å². The standard InChI is InChI=1S/C7H8O2S2.C5H10O/c1-2-6-11(8,9)7-4-3-5-10-7;1-2-4-6-5-3-1/h2-5H,1,6H2;1-5H2. The molecule has 2 rings (SSSR count). The predicted octanol–water partition coefficient (Wildman–Crippen LogP) is 2.89. The predicted molar refractivity (Wildman–Crippen MR) is 71.2 cm³/mol. The van der Waals surface area contributed by atoms with Crippen LogP contribution < -0.4 is 0 Å². The molecule has 0 radical (unpaired) electrons. The lowest BCUT2D eigenvalue weighted by Gasteiger charge is -2.08. The van der Waals surface area contributed by atoms with E-state index in [1.165, 1.54) is 36.7 Å². The fourth-order valence-corrected chi connectivity index (χ4v) is 3.53. The highest BCUT2D eigenvalue weighted by Crippen LogP contribution is 2.17. The van der Waals surface area contributed by atoms with Crippen molar-refractivity contribution in [1.29, 1.82) is 0 Å². The highest BCUT2D eigenvalue weighted by atomic mass is 32.2. The van der Waals surface area contributed by atoms with Crippen molar-refractivity contribution < 1.29 is 13.2 Å². The van der Waals surface area contributed by atoms with Crippen LogP contribution in [-0.2, 0) is 14.6 Å². The summed E-state index contributed by atoms with van der Waals surface area (Å²) in [5.41, 5.74) is 0. The Bertz CT molecular complexity index is 391. The van der Waals surface area contributed by atoms with Crippen molar-refractivity contribution in [3.05, 3.63) is 30.2 Å². The zero-order chi connectivity index (χ0) is 12.6. The zero-order valence-electron chi connectivity index (χ0n) is 9.80. The largest absolute Gasteiger partial charge is 0.381 e. The first kappa shape index (κ1) is 14.4. The highest BCUT2D eigenvalue weighted by Gasteiger charge is 2.11. The molecule has 0 unspecified atom stereocenters. The molecule has 2 heterocycles. The van der Waals surface area contributed by atoms with E-state index < -0.39 is 9.84 Å². The topological polar surface area (TPSA) is 43.4 Å². The maximum Gasteiger partial charge on any atom is 0.191 e. The number of rotatable bonds is 3. The monoisotopic (exact) mass is 274 g/mol. The van der Waals surface area contributed by atoms with Crippen molar-refractivity contribution >= 4 is 21.2 Å². The highest BCUT2D eigenvalue weighted by molar-refractivity contribution is 7.93. The summed E-state index contributed by atoms with van der Waals surface area (Å²) in [6, 6.07) is 3.32. The van der Waals surface area contributed by atoms with Crippen LogP contribution in [0.25, 0.3) is 0 Å². The Balaban J connectivity index is 0.000000202. The van der Waals surface area contributed by atoms with E-state index in [1.54, 1.807) is 17.5 Å². The second-order valence-corrected chi connectivity index (χ2v) is 6.88. The average Bonchev–Trinajstić information content (AvgIpc) is 2.86. The SMILES string of the molecule is C1CCOCC1.C=CCS(=O)(=O)c1cccs1. The van der Waals surface area contributed by atoms with Crippen molar-refractivity contribution in [3.63, 3.8) is 0 Å². The molecule has 1 aliphatic rings. The van der Waals surface area contributed by atoms with Crippen molar-refractivity contribution in [1.82, 2.24) is 0 Å². The van der Waals surface area contributed by atoms with Crippen molar-refractivity contribution in [3.8, 4) is 0 Å². The minimum atomic E-state index is -3.07. The van der Waals surface area contributed by atoms with Gasteiger partial charge in [-0.05, 0) is 30.7 Å². The van der Waals surface area contributed by atoms with E-state index in [2.05, 4.69) is 6.58 Å². The molecule has 3 nitrogen and oxygen atoms in total. The molecule has 5 heteroatoms. The van der Waals surface area contributed by atoms with Gasteiger partial charge < -0.3 is 4.74 Å². The number of hydrogen-bond acceptors (Lipinski definition) is 4. The van der Waals surface area contributed by atoms with Crippen LogP contribution in [0.3, 0.4) is 0 Å². The molecular weight excluding hydrogens is 256 g/mol. The number of hydrogen-bond donors (Lipinski definition) is 0. The number of ether oxygens (including phenoxy) is 1. The van der Waals surface area contributed by atoms with Crippen LogP contribution in [-0.4, -0.2) is 27.4 Å². The van der Waals surface area contributed by atoms with Gasteiger partial charge in [0.2, 0.25) is 0 Å². The number of sulfone groups is 1. The lowest BCUT2D eigenvalue weighted by Crippen LogP contribution is -2.03. The van der Waals surface area contributed by atoms with Gasteiger partial charge in [-0.3, -0.25) is 0 Å². The van der Waals surface area contributed by atoms with Crippen LogP contribution in [0.15, 0.2) is 34.4 Å². The number of thiophene rings is 1. The summed E-state index contributed by atoms with van der Waals surface area (Å²) in [4.78, 5) is 0. The fourth-order valence-electron chi connectivity index (χ4n) is 1.36. The Labute approximate surface area is 107 Å². The van der Waals surface area contributed by atoms with E-state index in [0.717, 1.165) is 13.2 Å². The van der Waals surface area contributed by atoms with Gasteiger partial charge in [0.05, 0.1) is 5.75 Å². The minimum Gasteiger partial charge on any atom is -0.381 e. The molecule has 96 valence electrons. The molecule has 1 aliphatic heterocycles. The van der Waals surface area contributed by atoms with Gasteiger partial charge in [-0.2, -0.15) is 0 Å².